The van der Waals surface area contributed by atoms with Crippen LogP contribution >= 0.6 is 11.6 Å². The molecule has 0 spiro atoms. The van der Waals surface area contributed by atoms with Crippen LogP contribution in [-0.2, 0) is 24.5 Å². The lowest BCUT2D eigenvalue weighted by atomic mass is 10.1. The topological polar surface area (TPSA) is 60.3 Å². The Morgan fingerprint density at radius 3 is 2.74 bits per heavy atom. The van der Waals surface area contributed by atoms with E-state index in [2.05, 4.69) is 5.32 Å². The maximum atomic E-state index is 12.6. The fraction of sp³-hybridized carbons (Fsp3) is 0.143. The van der Waals surface area contributed by atoms with Crippen LogP contribution in [0.15, 0.2) is 65.6 Å². The molecular weight excluding hydrogens is 364 g/mol. The summed E-state index contributed by atoms with van der Waals surface area (Å²) < 4.78 is 6.90. The molecule has 6 heteroatoms. The van der Waals surface area contributed by atoms with E-state index < -0.39 is 0 Å². The smallest absolute Gasteiger partial charge is 0.255 e. The van der Waals surface area contributed by atoms with E-state index in [1.165, 1.54) is 10.6 Å². The molecule has 0 bridgehead atoms. The number of nitrogens with one attached hydrogen (secondary N) is 1. The zero-order valence-corrected chi connectivity index (χ0v) is 15.2. The number of rotatable bonds is 4. The van der Waals surface area contributed by atoms with Crippen molar-refractivity contribution in [3.63, 3.8) is 0 Å². The molecule has 0 unspecified atom stereocenters. The normalized spacial score (nSPS) is 12.6. The minimum Gasteiger partial charge on any atom is -0.372 e. The number of hydrogen-bond acceptors (Lipinski definition) is 3. The minimum atomic E-state index is -0.229. The second kappa shape index (κ2) is 7.39. The van der Waals surface area contributed by atoms with Crippen LogP contribution in [0.4, 0.5) is 5.69 Å². The van der Waals surface area contributed by atoms with Crippen LogP contribution in [0.5, 0.6) is 0 Å². The van der Waals surface area contributed by atoms with Gasteiger partial charge in [-0.1, -0.05) is 35.9 Å². The number of pyridine rings is 1. The fourth-order valence-corrected chi connectivity index (χ4v) is 3.25. The van der Waals surface area contributed by atoms with Crippen molar-refractivity contribution in [3.8, 4) is 0 Å². The summed E-state index contributed by atoms with van der Waals surface area (Å²) in [6, 6.07) is 15.9. The number of carbonyl (C=O) groups is 1. The standard InChI is InChI=1S/C21H17ClN2O3/c22-19-4-2-1-3-15(19)10-24-11-18(7-8-20(24)25)23-21(26)14-5-6-16-12-27-13-17(16)9-14/h1-9,11H,10,12-13H2,(H,23,26). The predicted molar refractivity (Wildman–Crippen MR) is 104 cm³/mol. The van der Waals surface area contributed by atoms with Crippen LogP contribution in [0, 0.1) is 0 Å². The molecule has 1 N–H and O–H groups in total. The second-order valence-corrected chi connectivity index (χ2v) is 6.81. The molecule has 5 nitrogen and oxygen atoms in total. The van der Waals surface area contributed by atoms with Crippen LogP contribution in [-0.4, -0.2) is 10.5 Å². The first kappa shape index (κ1) is 17.5. The summed E-state index contributed by atoms with van der Waals surface area (Å²) in [7, 11) is 0. The number of fused-ring (bicyclic) bond motifs is 1. The Kier molecular flexibility index (Phi) is 4.79. The zero-order valence-electron chi connectivity index (χ0n) is 14.4. The molecule has 4 rings (SSSR count). The third-order valence-electron chi connectivity index (χ3n) is 4.52. The number of carbonyl (C=O) groups excluding carboxylic acids is 1. The molecule has 136 valence electrons. The highest BCUT2D eigenvalue weighted by atomic mass is 35.5. The Morgan fingerprint density at radius 2 is 1.89 bits per heavy atom. The van der Waals surface area contributed by atoms with Crippen molar-refractivity contribution < 1.29 is 9.53 Å². The average molecular weight is 381 g/mol. The van der Waals surface area contributed by atoms with E-state index in [1.54, 1.807) is 24.4 Å². The third-order valence-corrected chi connectivity index (χ3v) is 4.89. The molecule has 3 aromatic rings. The van der Waals surface area contributed by atoms with Gasteiger partial charge in [0.25, 0.3) is 11.5 Å². The van der Waals surface area contributed by atoms with Crippen molar-refractivity contribution in [2.24, 2.45) is 0 Å². The van der Waals surface area contributed by atoms with Gasteiger partial charge < -0.3 is 14.6 Å². The number of amides is 1. The van der Waals surface area contributed by atoms with Crippen LogP contribution in [0.2, 0.25) is 5.02 Å². The third kappa shape index (κ3) is 3.79. The largest absolute Gasteiger partial charge is 0.372 e. The summed E-state index contributed by atoms with van der Waals surface area (Å²) in [5.74, 6) is -0.229. The van der Waals surface area contributed by atoms with E-state index in [1.807, 2.05) is 30.3 Å². The number of hydrogen-bond donors (Lipinski definition) is 1. The molecule has 1 aromatic heterocycles. The minimum absolute atomic E-state index is 0.164. The van der Waals surface area contributed by atoms with Crippen molar-refractivity contribution in [2.45, 2.75) is 19.8 Å². The molecule has 1 amide bonds. The van der Waals surface area contributed by atoms with Crippen molar-refractivity contribution in [1.82, 2.24) is 4.57 Å². The summed E-state index contributed by atoms with van der Waals surface area (Å²) in [6.45, 7) is 1.45. The number of nitrogens with zero attached hydrogens (tertiary/aromatic N) is 1. The van der Waals surface area contributed by atoms with Crippen molar-refractivity contribution in [2.75, 3.05) is 5.32 Å². The molecule has 2 aromatic carbocycles. The maximum absolute atomic E-state index is 12.6. The van der Waals surface area contributed by atoms with Gasteiger partial charge in [0.1, 0.15) is 0 Å². The SMILES string of the molecule is O=C(Nc1ccc(=O)n(Cc2ccccc2Cl)c1)c1ccc2c(c1)COC2. The number of anilines is 1. The van der Waals surface area contributed by atoms with Crippen LogP contribution in [0.1, 0.15) is 27.0 Å². The van der Waals surface area contributed by atoms with E-state index in [0.29, 0.717) is 36.0 Å². The summed E-state index contributed by atoms with van der Waals surface area (Å²) >= 11 is 6.18. The highest BCUT2D eigenvalue weighted by Crippen LogP contribution is 2.21. The summed E-state index contributed by atoms with van der Waals surface area (Å²) in [5.41, 5.74) is 3.92. The Bertz CT molecular complexity index is 1080. The van der Waals surface area contributed by atoms with E-state index in [-0.39, 0.29) is 11.5 Å². The highest BCUT2D eigenvalue weighted by molar-refractivity contribution is 6.31. The van der Waals surface area contributed by atoms with Gasteiger partial charge in [0.05, 0.1) is 25.4 Å². The van der Waals surface area contributed by atoms with Gasteiger partial charge in [0.2, 0.25) is 0 Å². The zero-order chi connectivity index (χ0) is 18.8. The van der Waals surface area contributed by atoms with Gasteiger partial charge in [-0.05, 0) is 41.0 Å². The van der Waals surface area contributed by atoms with Crippen LogP contribution < -0.4 is 10.9 Å². The number of benzene rings is 2. The lowest BCUT2D eigenvalue weighted by molar-refractivity contribution is 0.102. The molecule has 0 saturated heterocycles. The predicted octanol–water partition coefficient (Wildman–Crippen LogP) is 3.83. The summed E-state index contributed by atoms with van der Waals surface area (Å²) in [6.07, 6.45) is 1.63. The summed E-state index contributed by atoms with van der Waals surface area (Å²) in [5, 5.41) is 3.44. The van der Waals surface area contributed by atoms with Gasteiger partial charge in [-0.25, -0.2) is 0 Å². The van der Waals surface area contributed by atoms with Gasteiger partial charge in [-0.3, -0.25) is 9.59 Å². The van der Waals surface area contributed by atoms with E-state index in [4.69, 9.17) is 16.3 Å². The van der Waals surface area contributed by atoms with E-state index >= 15 is 0 Å². The van der Waals surface area contributed by atoms with Crippen LogP contribution in [0.25, 0.3) is 0 Å². The number of ether oxygens (including phenoxy) is 1. The molecule has 0 saturated carbocycles. The van der Waals surface area contributed by atoms with Gasteiger partial charge >= 0.3 is 0 Å². The molecule has 1 aliphatic heterocycles. The quantitative estimate of drug-likeness (QED) is 0.748. The van der Waals surface area contributed by atoms with Crippen LogP contribution in [0.3, 0.4) is 0 Å². The molecule has 2 heterocycles. The van der Waals surface area contributed by atoms with Gasteiger partial charge in [-0.15, -0.1) is 0 Å². The first-order valence-corrected chi connectivity index (χ1v) is 8.93. The highest BCUT2D eigenvalue weighted by Gasteiger charge is 2.15. The number of halogens is 1. The molecule has 0 atom stereocenters. The molecule has 0 fully saturated rings. The lowest BCUT2D eigenvalue weighted by Crippen LogP contribution is -2.21. The van der Waals surface area contributed by atoms with Gasteiger partial charge in [0.15, 0.2) is 0 Å². The second-order valence-electron chi connectivity index (χ2n) is 6.41. The lowest BCUT2D eigenvalue weighted by Gasteiger charge is -2.11. The van der Waals surface area contributed by atoms with Gasteiger partial charge in [-0.2, -0.15) is 0 Å². The fourth-order valence-electron chi connectivity index (χ4n) is 3.06. The molecule has 0 aliphatic carbocycles. The van der Waals surface area contributed by atoms with Gasteiger partial charge in [0, 0.05) is 22.8 Å². The molecule has 0 radical (unpaired) electrons. The Morgan fingerprint density at radius 1 is 1.07 bits per heavy atom. The molecule has 27 heavy (non-hydrogen) atoms. The average Bonchev–Trinajstić information content (AvgIpc) is 3.14. The van der Waals surface area contributed by atoms with E-state index in [0.717, 1.165) is 16.7 Å². The summed E-state index contributed by atoms with van der Waals surface area (Å²) in [4.78, 5) is 24.7. The maximum Gasteiger partial charge on any atom is 0.255 e. The number of aromatic nitrogens is 1. The van der Waals surface area contributed by atoms with Crippen molar-refractivity contribution in [1.29, 1.82) is 0 Å². The van der Waals surface area contributed by atoms with Crippen molar-refractivity contribution in [3.05, 3.63) is 98.4 Å². The molecular formula is C21H17ClN2O3. The Labute approximate surface area is 161 Å². The first-order chi connectivity index (χ1) is 13.1. The Hall–Kier alpha value is -2.89. The van der Waals surface area contributed by atoms with E-state index in [9.17, 15) is 9.59 Å². The van der Waals surface area contributed by atoms with Crippen molar-refractivity contribution >= 4 is 23.2 Å². The Balaban J connectivity index is 1.55. The first-order valence-electron chi connectivity index (χ1n) is 8.55. The monoisotopic (exact) mass is 380 g/mol. The molecule has 1 aliphatic rings.